The predicted molar refractivity (Wildman–Crippen MR) is 132 cm³/mol. The van der Waals surface area contributed by atoms with Crippen molar-refractivity contribution in [2.45, 2.75) is 36.4 Å². The molecule has 2 N–H and O–H groups in total. The number of piperidine rings is 1. The van der Waals surface area contributed by atoms with Crippen LogP contribution in [0.2, 0.25) is 0 Å². The second-order valence-corrected chi connectivity index (χ2v) is 11.0. The summed E-state index contributed by atoms with van der Waals surface area (Å²) in [7, 11) is -3.38. The van der Waals surface area contributed by atoms with Gasteiger partial charge in [-0.1, -0.05) is 36.4 Å². The van der Waals surface area contributed by atoms with Gasteiger partial charge in [0.1, 0.15) is 18.0 Å². The van der Waals surface area contributed by atoms with Crippen LogP contribution in [0.25, 0.3) is 0 Å². The van der Waals surface area contributed by atoms with Gasteiger partial charge in [-0.05, 0) is 36.1 Å². The van der Waals surface area contributed by atoms with Crippen molar-refractivity contribution in [2.75, 3.05) is 36.1 Å². The fourth-order valence-corrected chi connectivity index (χ4v) is 5.82. The van der Waals surface area contributed by atoms with Gasteiger partial charge in [-0.15, -0.1) is 0 Å². The maximum atomic E-state index is 12.1. The molecule has 178 valence electrons. The maximum absolute atomic E-state index is 12.1. The van der Waals surface area contributed by atoms with Crippen molar-refractivity contribution in [3.63, 3.8) is 0 Å². The Hall–Kier alpha value is -3.01. The molecule has 3 aromatic rings. The molecular weight excluding hydrogens is 450 g/mol. The Morgan fingerprint density at radius 3 is 2.59 bits per heavy atom. The molecule has 1 fully saturated rings. The van der Waals surface area contributed by atoms with Crippen LogP contribution in [-0.2, 0) is 22.8 Å². The highest BCUT2D eigenvalue weighted by Gasteiger charge is 2.34. The quantitative estimate of drug-likeness (QED) is 0.576. The molecule has 2 atom stereocenters. The minimum atomic E-state index is -3.38. The fourth-order valence-electron chi connectivity index (χ4n) is 4.97. The molecule has 8 nitrogen and oxygen atoms in total. The summed E-state index contributed by atoms with van der Waals surface area (Å²) in [6.07, 6.45) is 4.01. The van der Waals surface area contributed by atoms with Crippen LogP contribution in [0.4, 0.5) is 17.3 Å². The summed E-state index contributed by atoms with van der Waals surface area (Å²) in [4.78, 5) is 13.4. The normalized spacial score (nSPS) is 21.2. The van der Waals surface area contributed by atoms with Gasteiger partial charge in [-0.25, -0.2) is 18.4 Å². The van der Waals surface area contributed by atoms with Crippen molar-refractivity contribution in [1.82, 2.24) is 14.9 Å². The van der Waals surface area contributed by atoms with Gasteiger partial charge in [-0.3, -0.25) is 4.90 Å². The molecular formula is C25H29N5O3S. The van der Waals surface area contributed by atoms with Crippen LogP contribution in [0.15, 0.2) is 65.8 Å². The van der Waals surface area contributed by atoms with Crippen LogP contribution >= 0.6 is 0 Å². The molecule has 2 aliphatic rings. The third-order valence-electron chi connectivity index (χ3n) is 6.70. The summed E-state index contributed by atoms with van der Waals surface area (Å²) in [5.74, 6) is 1.21. The lowest BCUT2D eigenvalue weighted by Gasteiger charge is -2.43. The van der Waals surface area contributed by atoms with Gasteiger partial charge in [-0.2, -0.15) is 0 Å². The van der Waals surface area contributed by atoms with E-state index in [1.54, 1.807) is 30.3 Å². The molecule has 0 bridgehead atoms. The topological polar surface area (TPSA) is 98.7 Å². The van der Waals surface area contributed by atoms with Crippen LogP contribution < -0.4 is 10.2 Å². The van der Waals surface area contributed by atoms with Gasteiger partial charge in [0.2, 0.25) is 0 Å². The third-order valence-corrected chi connectivity index (χ3v) is 7.86. The van der Waals surface area contributed by atoms with Gasteiger partial charge in [0, 0.05) is 44.5 Å². The standard InChI is InChI=1S/C25H29N5O3S/c1-34(32,33)23-9-5-4-8-20(23)28-24-14-25(27-17-26-24)30-13-11-21(22(31)16-30)29-12-10-18-6-2-3-7-19(18)15-29/h2-9,14,17,21-22,31H,10-13,15-16H2,1H3,(H,26,27,28)/t21?,22-/m0/s1. The van der Waals surface area contributed by atoms with E-state index in [9.17, 15) is 13.5 Å². The van der Waals surface area contributed by atoms with Gasteiger partial charge in [0.15, 0.2) is 9.84 Å². The summed E-state index contributed by atoms with van der Waals surface area (Å²) in [6.45, 7) is 3.09. The summed E-state index contributed by atoms with van der Waals surface area (Å²) in [6, 6.07) is 17.2. The molecule has 1 saturated heterocycles. The lowest BCUT2D eigenvalue weighted by atomic mass is 9.94. The first-order valence-corrected chi connectivity index (χ1v) is 13.4. The Labute approximate surface area is 200 Å². The molecule has 0 spiro atoms. The van der Waals surface area contributed by atoms with E-state index in [0.29, 0.717) is 23.9 Å². The number of β-amino-alcohol motifs (C(OH)–C–C–N with tert-alkyl or cyclic N) is 1. The molecule has 0 aliphatic carbocycles. The minimum absolute atomic E-state index is 0.116. The van der Waals surface area contributed by atoms with Crippen molar-refractivity contribution < 1.29 is 13.5 Å². The summed E-state index contributed by atoms with van der Waals surface area (Å²) >= 11 is 0. The van der Waals surface area contributed by atoms with Crippen molar-refractivity contribution in [3.8, 4) is 0 Å². The molecule has 2 aromatic carbocycles. The molecule has 2 aliphatic heterocycles. The van der Waals surface area contributed by atoms with Crippen LogP contribution in [0.5, 0.6) is 0 Å². The Kier molecular flexibility index (Phi) is 6.24. The predicted octanol–water partition coefficient (Wildman–Crippen LogP) is 2.62. The average Bonchev–Trinajstić information content (AvgIpc) is 2.83. The Morgan fingerprint density at radius 2 is 1.79 bits per heavy atom. The van der Waals surface area contributed by atoms with E-state index in [0.717, 1.165) is 32.5 Å². The molecule has 1 aromatic heterocycles. The number of benzene rings is 2. The van der Waals surface area contributed by atoms with Crippen molar-refractivity contribution in [1.29, 1.82) is 0 Å². The number of hydrogen-bond donors (Lipinski definition) is 2. The Balaban J connectivity index is 1.28. The van der Waals surface area contributed by atoms with Crippen LogP contribution in [0.3, 0.4) is 0 Å². The number of aliphatic hydroxyl groups is 1. The molecule has 1 unspecified atom stereocenters. The summed E-state index contributed by atoms with van der Waals surface area (Å²) in [5.41, 5.74) is 3.23. The highest BCUT2D eigenvalue weighted by molar-refractivity contribution is 7.90. The average molecular weight is 480 g/mol. The second-order valence-electron chi connectivity index (χ2n) is 9.01. The van der Waals surface area contributed by atoms with E-state index in [1.165, 1.54) is 23.7 Å². The van der Waals surface area contributed by atoms with E-state index >= 15 is 0 Å². The van der Waals surface area contributed by atoms with E-state index in [1.807, 2.05) is 0 Å². The van der Waals surface area contributed by atoms with E-state index in [4.69, 9.17) is 0 Å². The lowest BCUT2D eigenvalue weighted by molar-refractivity contribution is 0.0293. The van der Waals surface area contributed by atoms with Crippen molar-refractivity contribution in [2.24, 2.45) is 0 Å². The fraction of sp³-hybridized carbons (Fsp3) is 0.360. The van der Waals surface area contributed by atoms with E-state index in [2.05, 4.69) is 49.4 Å². The number of rotatable bonds is 5. The Morgan fingerprint density at radius 1 is 1.03 bits per heavy atom. The first-order valence-electron chi connectivity index (χ1n) is 11.5. The van der Waals surface area contributed by atoms with Crippen molar-refractivity contribution in [3.05, 3.63) is 72.1 Å². The maximum Gasteiger partial charge on any atom is 0.177 e. The van der Waals surface area contributed by atoms with Gasteiger partial charge < -0.3 is 15.3 Å². The van der Waals surface area contributed by atoms with Gasteiger partial charge in [0.25, 0.3) is 0 Å². The summed E-state index contributed by atoms with van der Waals surface area (Å²) < 4.78 is 24.2. The number of fused-ring (bicyclic) bond motifs is 1. The number of nitrogens with zero attached hydrogens (tertiary/aromatic N) is 4. The largest absolute Gasteiger partial charge is 0.390 e. The smallest absolute Gasteiger partial charge is 0.177 e. The van der Waals surface area contributed by atoms with E-state index in [-0.39, 0.29) is 10.9 Å². The molecule has 0 saturated carbocycles. The molecule has 5 rings (SSSR count). The molecule has 34 heavy (non-hydrogen) atoms. The Bertz CT molecular complexity index is 1280. The second kappa shape index (κ2) is 9.32. The van der Waals surface area contributed by atoms with Crippen molar-refractivity contribution >= 4 is 27.2 Å². The molecule has 3 heterocycles. The lowest BCUT2D eigenvalue weighted by Crippen LogP contribution is -2.55. The van der Waals surface area contributed by atoms with Crippen LogP contribution in [0.1, 0.15) is 17.5 Å². The molecule has 0 amide bonds. The number of nitrogens with one attached hydrogen (secondary N) is 1. The highest BCUT2D eigenvalue weighted by atomic mass is 32.2. The zero-order chi connectivity index (χ0) is 23.7. The number of hydrogen-bond acceptors (Lipinski definition) is 8. The number of aromatic nitrogens is 2. The highest BCUT2D eigenvalue weighted by Crippen LogP contribution is 2.29. The van der Waals surface area contributed by atoms with Crippen LogP contribution in [-0.4, -0.2) is 66.4 Å². The SMILES string of the molecule is CS(=O)(=O)c1ccccc1Nc1cc(N2CCC(N3CCc4ccccc4C3)[C@@H](O)C2)ncn1. The van der Waals surface area contributed by atoms with E-state index < -0.39 is 15.9 Å². The molecule has 0 radical (unpaired) electrons. The molecule has 9 heteroatoms. The summed E-state index contributed by atoms with van der Waals surface area (Å²) in [5, 5.41) is 14.1. The number of sulfone groups is 1. The van der Waals surface area contributed by atoms with Gasteiger partial charge >= 0.3 is 0 Å². The first kappa shape index (κ1) is 22.8. The number of aliphatic hydroxyl groups excluding tert-OH is 1. The minimum Gasteiger partial charge on any atom is -0.390 e. The number of anilines is 3. The zero-order valence-electron chi connectivity index (χ0n) is 19.1. The third kappa shape index (κ3) is 4.77. The monoisotopic (exact) mass is 479 g/mol. The number of para-hydroxylation sites is 1. The first-order chi connectivity index (χ1) is 16.4. The van der Waals surface area contributed by atoms with Crippen LogP contribution in [0, 0.1) is 0 Å². The van der Waals surface area contributed by atoms with Gasteiger partial charge in [0.05, 0.1) is 16.7 Å². The zero-order valence-corrected chi connectivity index (χ0v) is 19.9.